The van der Waals surface area contributed by atoms with E-state index >= 15 is 0 Å². The van der Waals surface area contributed by atoms with Crippen molar-refractivity contribution in [2.75, 3.05) is 39.2 Å². The lowest BCUT2D eigenvalue weighted by Crippen LogP contribution is -2.36. The van der Waals surface area contributed by atoms with E-state index in [0.29, 0.717) is 34.7 Å². The van der Waals surface area contributed by atoms with Gasteiger partial charge in [0.05, 0.1) is 17.3 Å². The van der Waals surface area contributed by atoms with E-state index in [1.54, 1.807) is 22.8 Å². The molecule has 0 saturated carbocycles. The molecule has 1 amide bonds. The highest BCUT2D eigenvalue weighted by Crippen LogP contribution is 2.34. The molecule has 10 heteroatoms. The molecule has 1 aromatic carbocycles. The van der Waals surface area contributed by atoms with Crippen LogP contribution in [-0.4, -0.2) is 59.9 Å². The summed E-state index contributed by atoms with van der Waals surface area (Å²) in [6.07, 6.45) is 1.67. The van der Waals surface area contributed by atoms with Crippen molar-refractivity contribution in [3.63, 3.8) is 0 Å². The zero-order chi connectivity index (χ0) is 19.7. The third-order valence-electron chi connectivity index (χ3n) is 4.20. The molecule has 3 aromatic rings. The Kier molecular flexibility index (Phi) is 7.28. The van der Waals surface area contributed by atoms with Crippen molar-refractivity contribution in [1.29, 1.82) is 0 Å². The van der Waals surface area contributed by atoms with E-state index in [9.17, 15) is 4.79 Å². The van der Waals surface area contributed by atoms with Gasteiger partial charge in [-0.1, -0.05) is 22.9 Å². The molecule has 0 radical (unpaired) electrons. The van der Waals surface area contributed by atoms with Crippen molar-refractivity contribution in [3.8, 4) is 5.88 Å². The number of ether oxygens (including phenoxy) is 1. The minimum atomic E-state index is -0.190. The fraction of sp³-hybridized carbons (Fsp3) is 0.389. The number of carbonyl (C=O) groups is 1. The van der Waals surface area contributed by atoms with Crippen molar-refractivity contribution in [2.45, 2.75) is 6.92 Å². The predicted molar refractivity (Wildman–Crippen MR) is 117 cm³/mol. The molecule has 7 nitrogen and oxygen atoms in total. The molecule has 0 unspecified atom stereocenters. The van der Waals surface area contributed by atoms with Crippen LogP contribution in [0.4, 0.5) is 5.13 Å². The van der Waals surface area contributed by atoms with Crippen molar-refractivity contribution >= 4 is 56.6 Å². The Bertz CT molecular complexity index is 986. The predicted octanol–water partition coefficient (Wildman–Crippen LogP) is 3.63. The highest BCUT2D eigenvalue weighted by atomic mass is 35.5. The maximum absolute atomic E-state index is 13.3. The van der Waals surface area contributed by atoms with Gasteiger partial charge >= 0.3 is 0 Å². The first-order chi connectivity index (χ1) is 12.8. The lowest BCUT2D eigenvalue weighted by molar-refractivity contribution is 0.0982. The number of halogens is 2. The lowest BCUT2D eigenvalue weighted by Gasteiger charge is -2.21. The summed E-state index contributed by atoms with van der Waals surface area (Å²) in [6.45, 7) is 3.13. The van der Waals surface area contributed by atoms with Crippen LogP contribution < -0.4 is 9.64 Å². The number of rotatable bonds is 6. The number of fused-ring (bicyclic) bond motifs is 1. The van der Waals surface area contributed by atoms with Crippen LogP contribution in [-0.2, 0) is 7.05 Å². The summed E-state index contributed by atoms with van der Waals surface area (Å²) in [5, 5.41) is 5.49. The van der Waals surface area contributed by atoms with E-state index in [1.807, 2.05) is 38.1 Å². The molecule has 0 saturated heterocycles. The van der Waals surface area contributed by atoms with Crippen molar-refractivity contribution in [1.82, 2.24) is 19.7 Å². The van der Waals surface area contributed by atoms with Crippen LogP contribution in [0, 0.1) is 6.92 Å². The van der Waals surface area contributed by atoms with Crippen LogP contribution in [0.15, 0.2) is 18.3 Å². The molecule has 0 aliphatic heterocycles. The van der Waals surface area contributed by atoms with E-state index < -0.39 is 0 Å². The first-order valence-corrected chi connectivity index (χ1v) is 9.61. The summed E-state index contributed by atoms with van der Waals surface area (Å²) in [7, 11) is 7.20. The van der Waals surface area contributed by atoms with Crippen molar-refractivity contribution in [2.24, 2.45) is 7.05 Å². The fourth-order valence-electron chi connectivity index (χ4n) is 2.70. The molecule has 2 heterocycles. The topological polar surface area (TPSA) is 63.5 Å². The Morgan fingerprint density at radius 2 is 2.04 bits per heavy atom. The third-order valence-corrected chi connectivity index (χ3v) is 5.66. The average Bonchev–Trinajstić information content (AvgIpc) is 3.21. The number of methoxy groups -OCH3 is 1. The van der Waals surface area contributed by atoms with Gasteiger partial charge in [0.25, 0.3) is 5.91 Å². The Hall–Kier alpha value is -1.87. The molecule has 0 aliphatic rings. The van der Waals surface area contributed by atoms with Gasteiger partial charge in [0.15, 0.2) is 5.13 Å². The van der Waals surface area contributed by atoms with Crippen LogP contribution in [0.5, 0.6) is 5.88 Å². The van der Waals surface area contributed by atoms with E-state index in [4.69, 9.17) is 21.3 Å². The number of aryl methyl sites for hydroxylation is 2. The summed E-state index contributed by atoms with van der Waals surface area (Å²) < 4.78 is 7.83. The molecule has 0 spiro atoms. The van der Waals surface area contributed by atoms with Gasteiger partial charge in [0, 0.05) is 31.4 Å². The van der Waals surface area contributed by atoms with Gasteiger partial charge in [-0.3, -0.25) is 14.4 Å². The second-order valence-electron chi connectivity index (χ2n) is 6.50. The minimum absolute atomic E-state index is 0. The molecule has 0 atom stereocenters. The second-order valence-corrected chi connectivity index (χ2v) is 7.92. The van der Waals surface area contributed by atoms with E-state index in [2.05, 4.69) is 5.10 Å². The van der Waals surface area contributed by atoms with Crippen molar-refractivity contribution in [3.05, 3.63) is 34.5 Å². The number of benzene rings is 1. The van der Waals surface area contributed by atoms with Gasteiger partial charge in [0.1, 0.15) is 5.56 Å². The SMILES string of the molecule is COc1nn(C)cc1C(=O)N(CCN(C)C)c1nc2c(C)c(Cl)ccc2s1.Cl. The molecule has 152 valence electrons. The summed E-state index contributed by atoms with van der Waals surface area (Å²) in [5.41, 5.74) is 2.15. The number of nitrogens with zero attached hydrogens (tertiary/aromatic N) is 5. The maximum atomic E-state index is 13.3. The summed E-state index contributed by atoms with van der Waals surface area (Å²) in [4.78, 5) is 21.7. The van der Waals surface area contributed by atoms with Gasteiger partial charge < -0.3 is 9.64 Å². The van der Waals surface area contributed by atoms with Gasteiger partial charge in [0.2, 0.25) is 5.88 Å². The largest absolute Gasteiger partial charge is 0.479 e. The number of likely N-dealkylation sites (N-methyl/N-ethyl adjacent to an activating group) is 1. The third kappa shape index (κ3) is 4.41. The number of amides is 1. The van der Waals surface area contributed by atoms with Gasteiger partial charge in [-0.05, 0) is 38.7 Å². The molecule has 2 aromatic heterocycles. The van der Waals surface area contributed by atoms with E-state index in [1.165, 1.54) is 18.4 Å². The van der Waals surface area contributed by atoms with Crippen LogP contribution in [0.2, 0.25) is 5.02 Å². The average molecular weight is 444 g/mol. The number of thiazole rings is 1. The summed E-state index contributed by atoms with van der Waals surface area (Å²) in [5.74, 6) is 0.113. The zero-order valence-electron chi connectivity index (χ0n) is 16.4. The number of hydrogen-bond acceptors (Lipinski definition) is 6. The molecule has 0 N–H and O–H groups in total. The zero-order valence-corrected chi connectivity index (χ0v) is 18.8. The molecule has 28 heavy (non-hydrogen) atoms. The number of anilines is 1. The van der Waals surface area contributed by atoms with Crippen molar-refractivity contribution < 1.29 is 9.53 Å². The van der Waals surface area contributed by atoms with Crippen LogP contribution in [0.3, 0.4) is 0 Å². The monoisotopic (exact) mass is 443 g/mol. The molecule has 0 bridgehead atoms. The number of aromatic nitrogens is 3. The summed E-state index contributed by atoms with van der Waals surface area (Å²) >= 11 is 7.70. The summed E-state index contributed by atoms with van der Waals surface area (Å²) in [6, 6.07) is 3.79. The van der Waals surface area contributed by atoms with Crippen LogP contribution in [0.1, 0.15) is 15.9 Å². The molecular formula is C18H23Cl2N5O2S. The Morgan fingerprint density at radius 1 is 1.32 bits per heavy atom. The fourth-order valence-corrected chi connectivity index (χ4v) is 3.90. The first kappa shape index (κ1) is 22.4. The minimum Gasteiger partial charge on any atom is -0.479 e. The number of carbonyl (C=O) groups excluding carboxylic acids is 1. The quantitative estimate of drug-likeness (QED) is 0.581. The lowest BCUT2D eigenvalue weighted by atomic mass is 10.2. The molecular weight excluding hydrogens is 421 g/mol. The van der Waals surface area contributed by atoms with E-state index in [-0.39, 0.29) is 18.3 Å². The van der Waals surface area contributed by atoms with Crippen LogP contribution >= 0.6 is 35.3 Å². The smallest absolute Gasteiger partial charge is 0.267 e. The molecule has 0 fully saturated rings. The Balaban J connectivity index is 0.00000280. The Morgan fingerprint density at radius 3 is 2.68 bits per heavy atom. The van der Waals surface area contributed by atoms with Gasteiger partial charge in [-0.2, -0.15) is 0 Å². The second kappa shape index (κ2) is 9.09. The standard InChI is InChI=1S/C18H22ClN5O2S.ClH/c1-11-13(19)6-7-14-15(11)20-18(27-14)24(9-8-22(2)3)17(25)12-10-23(4)21-16(12)26-5;/h6-7,10H,8-9H2,1-5H3;1H. The highest BCUT2D eigenvalue weighted by molar-refractivity contribution is 7.22. The van der Waals surface area contributed by atoms with Gasteiger partial charge in [-0.15, -0.1) is 17.5 Å². The van der Waals surface area contributed by atoms with Crippen LogP contribution in [0.25, 0.3) is 10.2 Å². The molecule has 3 rings (SSSR count). The maximum Gasteiger partial charge on any atom is 0.267 e. The normalized spacial score (nSPS) is 11.0. The first-order valence-electron chi connectivity index (χ1n) is 8.41. The Labute approximate surface area is 179 Å². The highest BCUT2D eigenvalue weighted by Gasteiger charge is 2.26. The van der Waals surface area contributed by atoms with E-state index in [0.717, 1.165) is 15.8 Å². The molecule has 0 aliphatic carbocycles. The van der Waals surface area contributed by atoms with Gasteiger partial charge in [-0.25, -0.2) is 4.98 Å². The number of hydrogen-bond donors (Lipinski definition) is 0.